The first-order chi connectivity index (χ1) is 16.8. The summed E-state index contributed by atoms with van der Waals surface area (Å²) in [5.41, 5.74) is 5.95. The Morgan fingerprint density at radius 3 is 2.20 bits per heavy atom. The molecule has 0 radical (unpaired) electrons. The van der Waals surface area contributed by atoms with Crippen molar-refractivity contribution in [3.63, 3.8) is 0 Å². The molecule has 0 saturated carbocycles. The number of piperazine rings is 1. The van der Waals surface area contributed by atoms with Gasteiger partial charge < -0.3 is 25.2 Å². The fourth-order valence-electron chi connectivity index (χ4n) is 4.36. The molecule has 4 heterocycles. The van der Waals surface area contributed by atoms with Crippen LogP contribution in [0.2, 0.25) is 0 Å². The maximum absolute atomic E-state index is 14.0. The van der Waals surface area contributed by atoms with E-state index in [1.54, 1.807) is 29.2 Å². The lowest BCUT2D eigenvalue weighted by atomic mass is 10.3. The summed E-state index contributed by atoms with van der Waals surface area (Å²) in [6.45, 7) is 3.90. The van der Waals surface area contributed by atoms with Gasteiger partial charge in [0.2, 0.25) is 17.7 Å². The number of fused-ring (bicyclic) bond motifs is 1. The Hall–Kier alpha value is -3.45. The van der Waals surface area contributed by atoms with Gasteiger partial charge in [-0.15, -0.1) is 0 Å². The van der Waals surface area contributed by atoms with Gasteiger partial charge in [0.25, 0.3) is 0 Å². The topological polar surface area (TPSA) is 106 Å². The van der Waals surface area contributed by atoms with E-state index in [1.165, 1.54) is 6.07 Å². The number of amides is 1. The van der Waals surface area contributed by atoms with Crippen molar-refractivity contribution in [2.75, 3.05) is 68.8 Å². The molecule has 2 N–H and O–H groups in total. The number of carbonyl (C=O) groups excluding carboxylic acids is 1. The Morgan fingerprint density at radius 1 is 0.943 bits per heavy atom. The first kappa shape index (κ1) is 23.3. The van der Waals surface area contributed by atoms with E-state index < -0.39 is 12.0 Å². The molecule has 3 aromatic rings. The van der Waals surface area contributed by atoms with Gasteiger partial charge in [0.15, 0.2) is 0 Å². The summed E-state index contributed by atoms with van der Waals surface area (Å²) in [6, 6.07) is 8.17. The average molecular weight is 490 g/mol. The van der Waals surface area contributed by atoms with E-state index in [1.807, 2.05) is 9.80 Å². The molecule has 0 spiro atoms. The van der Waals surface area contributed by atoms with E-state index in [9.17, 15) is 18.0 Å². The molecule has 2 aliphatic heterocycles. The first-order valence-corrected chi connectivity index (χ1v) is 11.3. The molecule has 0 aliphatic carbocycles. The second kappa shape index (κ2) is 9.30. The van der Waals surface area contributed by atoms with Crippen molar-refractivity contribution >= 4 is 28.6 Å². The normalized spacial score (nSPS) is 17.3. The van der Waals surface area contributed by atoms with Crippen molar-refractivity contribution in [1.82, 2.24) is 24.4 Å². The summed E-state index contributed by atoms with van der Waals surface area (Å²) in [6.07, 6.45) is -4.70. The number of nitrogens with zero attached hydrogens (tertiary/aromatic N) is 7. The summed E-state index contributed by atoms with van der Waals surface area (Å²) in [5.74, 6) is -0.323. The van der Waals surface area contributed by atoms with Crippen LogP contribution in [0.25, 0.3) is 17.0 Å². The maximum atomic E-state index is 14.0. The Kier molecular flexibility index (Phi) is 6.19. The third kappa shape index (κ3) is 4.60. The molecule has 2 aliphatic rings. The number of nitrogens with two attached hydrogens (primary N) is 1. The molecule has 2 aromatic heterocycles. The van der Waals surface area contributed by atoms with Gasteiger partial charge in [-0.05, 0) is 12.1 Å². The third-order valence-corrected chi connectivity index (χ3v) is 6.17. The highest BCUT2D eigenvalue weighted by Crippen LogP contribution is 2.34. The molecule has 2 fully saturated rings. The predicted molar refractivity (Wildman–Crippen MR) is 123 cm³/mol. The second-order valence-corrected chi connectivity index (χ2v) is 8.31. The minimum absolute atomic E-state index is 0.0627. The van der Waals surface area contributed by atoms with E-state index >= 15 is 0 Å². The summed E-state index contributed by atoms with van der Waals surface area (Å²) >= 11 is 0. The molecule has 0 bridgehead atoms. The number of rotatable bonds is 4. The van der Waals surface area contributed by atoms with Crippen molar-refractivity contribution in [3.05, 3.63) is 36.2 Å². The lowest BCUT2D eigenvalue weighted by molar-refractivity contribution is -0.145. The molecule has 186 valence electrons. The smallest absolute Gasteiger partial charge is 0.378 e. The van der Waals surface area contributed by atoms with Crippen LogP contribution in [0.4, 0.5) is 24.8 Å². The first-order valence-electron chi connectivity index (χ1n) is 11.3. The zero-order valence-corrected chi connectivity index (χ0v) is 18.9. The second-order valence-electron chi connectivity index (χ2n) is 8.31. The molecular weight excluding hydrogens is 465 g/mol. The quantitative estimate of drug-likeness (QED) is 0.583. The number of para-hydroxylation sites is 2. The van der Waals surface area contributed by atoms with Gasteiger partial charge in [0, 0.05) is 45.3 Å². The van der Waals surface area contributed by atoms with E-state index in [-0.39, 0.29) is 29.4 Å². The summed E-state index contributed by atoms with van der Waals surface area (Å²) in [5, 5.41) is 0. The number of anilines is 2. The van der Waals surface area contributed by atoms with Crippen molar-refractivity contribution in [2.45, 2.75) is 6.18 Å². The Labute approximate surface area is 199 Å². The minimum Gasteiger partial charge on any atom is -0.378 e. The molecule has 1 amide bonds. The Morgan fingerprint density at radius 2 is 1.57 bits per heavy atom. The Balaban J connectivity index is 1.60. The van der Waals surface area contributed by atoms with Gasteiger partial charge in [-0.3, -0.25) is 9.36 Å². The van der Waals surface area contributed by atoms with Crippen LogP contribution >= 0.6 is 0 Å². The summed E-state index contributed by atoms with van der Waals surface area (Å²) in [4.78, 5) is 30.5. The molecule has 1 aromatic carbocycles. The molecule has 2 saturated heterocycles. The highest BCUT2D eigenvalue weighted by atomic mass is 19.4. The highest BCUT2D eigenvalue weighted by Gasteiger charge is 2.39. The number of benzene rings is 1. The summed E-state index contributed by atoms with van der Waals surface area (Å²) in [7, 11) is 0. The van der Waals surface area contributed by atoms with E-state index in [4.69, 9.17) is 10.5 Å². The van der Waals surface area contributed by atoms with Crippen molar-refractivity contribution in [3.8, 4) is 5.95 Å². The van der Waals surface area contributed by atoms with E-state index in [2.05, 4.69) is 15.0 Å². The fraction of sp³-hybridized carbons (Fsp3) is 0.455. The van der Waals surface area contributed by atoms with Gasteiger partial charge in [-0.1, -0.05) is 12.1 Å². The highest BCUT2D eigenvalue weighted by molar-refractivity contribution is 5.79. The van der Waals surface area contributed by atoms with Crippen LogP contribution < -0.4 is 15.5 Å². The van der Waals surface area contributed by atoms with Crippen molar-refractivity contribution in [2.24, 2.45) is 5.73 Å². The van der Waals surface area contributed by atoms with Gasteiger partial charge in [0.1, 0.15) is 11.6 Å². The molecule has 35 heavy (non-hydrogen) atoms. The number of imidazole rings is 1. The number of hydrogen-bond donors (Lipinski definition) is 1. The van der Waals surface area contributed by atoms with Gasteiger partial charge in [-0.2, -0.15) is 23.1 Å². The number of hydrogen-bond acceptors (Lipinski definition) is 8. The van der Waals surface area contributed by atoms with Crippen molar-refractivity contribution in [1.29, 1.82) is 0 Å². The summed E-state index contributed by atoms with van der Waals surface area (Å²) < 4.78 is 48.4. The molecule has 0 atom stereocenters. The van der Waals surface area contributed by atoms with Crippen LogP contribution in [0.1, 0.15) is 5.82 Å². The SMILES string of the molecule is NCC(=O)N1CCN(c2cc(N3CCOCC3)nc(-n3c(C(F)(F)F)nc4ccccc43)n2)CC1. The lowest BCUT2D eigenvalue weighted by Gasteiger charge is -2.36. The zero-order valence-electron chi connectivity index (χ0n) is 18.9. The number of ether oxygens (including phenoxy) is 1. The monoisotopic (exact) mass is 490 g/mol. The Bertz CT molecular complexity index is 1220. The third-order valence-electron chi connectivity index (χ3n) is 6.17. The number of halogens is 3. The molecule has 13 heteroatoms. The number of aromatic nitrogens is 4. The van der Waals surface area contributed by atoms with Gasteiger partial charge in [0.05, 0.1) is 30.8 Å². The van der Waals surface area contributed by atoms with Crippen LogP contribution in [0.15, 0.2) is 30.3 Å². The number of morpholine rings is 1. The maximum Gasteiger partial charge on any atom is 0.450 e. The molecule has 5 rings (SSSR count). The van der Waals surface area contributed by atoms with Crippen LogP contribution in [-0.2, 0) is 15.7 Å². The van der Waals surface area contributed by atoms with Crippen LogP contribution in [0.3, 0.4) is 0 Å². The van der Waals surface area contributed by atoms with Crippen LogP contribution in [0.5, 0.6) is 0 Å². The number of alkyl halides is 3. The predicted octanol–water partition coefficient (Wildman–Crippen LogP) is 1.28. The zero-order chi connectivity index (χ0) is 24.6. The van der Waals surface area contributed by atoms with Gasteiger partial charge >= 0.3 is 6.18 Å². The average Bonchev–Trinajstić information content (AvgIpc) is 3.29. The van der Waals surface area contributed by atoms with E-state index in [0.717, 1.165) is 4.57 Å². The van der Waals surface area contributed by atoms with E-state index in [0.29, 0.717) is 64.1 Å². The lowest BCUT2D eigenvalue weighted by Crippen LogP contribution is -2.50. The minimum atomic E-state index is -4.70. The molecule has 0 unspecified atom stereocenters. The van der Waals surface area contributed by atoms with Crippen LogP contribution in [0, 0.1) is 0 Å². The standard InChI is InChI=1S/C22H25F3N8O2/c23-22(24,25)20-27-15-3-1-2-4-16(15)33(20)21-28-17(13-18(29-21)31-9-11-35-12-10-31)30-5-7-32(8-6-30)19(34)14-26/h1-4,13H,5-12,14,26H2. The fourth-order valence-corrected chi connectivity index (χ4v) is 4.36. The van der Waals surface area contributed by atoms with Crippen molar-refractivity contribution < 1.29 is 22.7 Å². The number of carbonyl (C=O) groups is 1. The molecular formula is C22H25F3N8O2. The molecule has 10 nitrogen and oxygen atoms in total. The largest absolute Gasteiger partial charge is 0.450 e. The van der Waals surface area contributed by atoms with Crippen LogP contribution in [-0.4, -0.2) is 89.4 Å². The van der Waals surface area contributed by atoms with Gasteiger partial charge in [-0.25, -0.2) is 4.98 Å².